The van der Waals surface area contributed by atoms with E-state index >= 15 is 0 Å². The lowest BCUT2D eigenvalue weighted by atomic mass is 10.2. The lowest BCUT2D eigenvalue weighted by Gasteiger charge is -2.19. The van der Waals surface area contributed by atoms with Crippen molar-refractivity contribution in [2.45, 2.75) is 6.92 Å². The van der Waals surface area contributed by atoms with Crippen molar-refractivity contribution >= 4 is 46.5 Å². The van der Waals surface area contributed by atoms with E-state index in [0.717, 1.165) is 28.1 Å². The number of halogens is 1. The van der Waals surface area contributed by atoms with Gasteiger partial charge in [-0.1, -0.05) is 48.5 Å². The summed E-state index contributed by atoms with van der Waals surface area (Å²) in [6, 6.07) is 26.4. The molecule has 1 heterocycles. The zero-order valence-electron chi connectivity index (χ0n) is 15.3. The van der Waals surface area contributed by atoms with E-state index < -0.39 is 0 Å². The minimum absolute atomic E-state index is 0. The highest BCUT2D eigenvalue weighted by Crippen LogP contribution is 2.29. The summed E-state index contributed by atoms with van der Waals surface area (Å²) >= 11 is 0. The molecule has 1 aromatic heterocycles. The zero-order valence-corrected chi connectivity index (χ0v) is 16.1. The van der Waals surface area contributed by atoms with Crippen LogP contribution in [0.3, 0.4) is 0 Å². The summed E-state index contributed by atoms with van der Waals surface area (Å²) in [5, 5.41) is 4.49. The molecule has 0 aliphatic carbocycles. The van der Waals surface area contributed by atoms with E-state index in [9.17, 15) is 0 Å². The van der Waals surface area contributed by atoms with Crippen LogP contribution >= 0.6 is 12.4 Å². The minimum atomic E-state index is 0. The highest BCUT2D eigenvalue weighted by molar-refractivity contribution is 5.92. The van der Waals surface area contributed by atoms with Gasteiger partial charge in [0.1, 0.15) is 5.82 Å². The Morgan fingerprint density at radius 2 is 1.44 bits per heavy atom. The van der Waals surface area contributed by atoms with Crippen LogP contribution in [0.25, 0.3) is 10.9 Å². The second-order valence-corrected chi connectivity index (χ2v) is 6.22. The quantitative estimate of drug-likeness (QED) is 0.483. The molecule has 4 rings (SSSR count). The van der Waals surface area contributed by atoms with E-state index in [1.807, 2.05) is 78.7 Å². The first-order chi connectivity index (χ1) is 12.7. The van der Waals surface area contributed by atoms with Crippen LogP contribution in [-0.2, 0) is 0 Å². The van der Waals surface area contributed by atoms with Gasteiger partial charge in [-0.05, 0) is 42.8 Å². The zero-order chi connectivity index (χ0) is 17.9. The monoisotopic (exact) mass is 376 g/mol. The van der Waals surface area contributed by atoms with Gasteiger partial charge in [0.05, 0.1) is 5.52 Å². The molecule has 1 N–H and O–H groups in total. The number of rotatable bonds is 4. The Kier molecular flexibility index (Phi) is 5.57. The topological polar surface area (TPSA) is 41.1 Å². The Balaban J connectivity index is 0.00000210. The molecule has 0 saturated carbocycles. The number of hydrogen-bond acceptors (Lipinski definition) is 4. The smallest absolute Gasteiger partial charge is 0.232 e. The fraction of sp³-hybridized carbons (Fsp3) is 0.0909. The Morgan fingerprint density at radius 1 is 0.778 bits per heavy atom. The van der Waals surface area contributed by atoms with Crippen molar-refractivity contribution in [2.24, 2.45) is 0 Å². The molecule has 27 heavy (non-hydrogen) atoms. The Hall–Kier alpha value is -3.11. The van der Waals surface area contributed by atoms with Gasteiger partial charge in [0.2, 0.25) is 5.95 Å². The lowest BCUT2D eigenvalue weighted by Crippen LogP contribution is -2.14. The summed E-state index contributed by atoms with van der Waals surface area (Å²) in [7, 11) is 1.98. The molecule has 4 aromatic rings. The summed E-state index contributed by atoms with van der Waals surface area (Å²) in [6.07, 6.45) is 0. The van der Waals surface area contributed by atoms with Crippen LogP contribution < -0.4 is 10.2 Å². The molecular weight excluding hydrogens is 356 g/mol. The maximum absolute atomic E-state index is 4.82. The van der Waals surface area contributed by atoms with Crippen molar-refractivity contribution < 1.29 is 0 Å². The predicted molar refractivity (Wildman–Crippen MR) is 116 cm³/mol. The van der Waals surface area contributed by atoms with Gasteiger partial charge < -0.3 is 10.2 Å². The predicted octanol–water partition coefficient (Wildman–Crippen LogP) is 5.87. The van der Waals surface area contributed by atoms with E-state index in [4.69, 9.17) is 9.97 Å². The molecular formula is C22H21ClN4. The van der Waals surface area contributed by atoms with Gasteiger partial charge in [-0.25, -0.2) is 4.98 Å². The average molecular weight is 377 g/mol. The molecule has 0 radical (unpaired) electrons. The summed E-state index contributed by atoms with van der Waals surface area (Å²) < 4.78 is 0. The average Bonchev–Trinajstić information content (AvgIpc) is 2.69. The first kappa shape index (κ1) is 18.7. The van der Waals surface area contributed by atoms with Crippen LogP contribution in [-0.4, -0.2) is 17.0 Å². The number of aromatic nitrogens is 2. The fourth-order valence-corrected chi connectivity index (χ4v) is 2.92. The summed E-state index contributed by atoms with van der Waals surface area (Å²) in [5.74, 6) is 1.47. The largest absolute Gasteiger partial charge is 0.339 e. The third-order valence-electron chi connectivity index (χ3n) is 4.43. The molecule has 0 spiro atoms. The minimum Gasteiger partial charge on any atom is -0.339 e. The van der Waals surface area contributed by atoms with Gasteiger partial charge in [-0.3, -0.25) is 0 Å². The van der Waals surface area contributed by atoms with E-state index in [1.165, 1.54) is 5.56 Å². The molecule has 0 amide bonds. The van der Waals surface area contributed by atoms with E-state index in [-0.39, 0.29) is 12.4 Å². The number of para-hydroxylation sites is 3. The third-order valence-corrected chi connectivity index (χ3v) is 4.43. The van der Waals surface area contributed by atoms with Crippen LogP contribution in [0, 0.1) is 6.92 Å². The number of benzene rings is 3. The van der Waals surface area contributed by atoms with Gasteiger partial charge in [-0.2, -0.15) is 4.98 Å². The number of hydrogen-bond donors (Lipinski definition) is 1. The van der Waals surface area contributed by atoms with Gasteiger partial charge in [0, 0.05) is 23.8 Å². The second-order valence-electron chi connectivity index (χ2n) is 6.22. The van der Waals surface area contributed by atoms with Crippen LogP contribution in [0.1, 0.15) is 5.56 Å². The van der Waals surface area contributed by atoms with Gasteiger partial charge in [0.25, 0.3) is 0 Å². The SMILES string of the molecule is Cc1ccccc1Nc1nc(N(C)c2ccccc2)nc2ccccc12.Cl. The van der Waals surface area contributed by atoms with Crippen LogP contribution in [0.15, 0.2) is 78.9 Å². The maximum atomic E-state index is 4.82. The number of fused-ring (bicyclic) bond motifs is 1. The second kappa shape index (κ2) is 8.06. The molecule has 0 fully saturated rings. The molecule has 0 aliphatic rings. The fourth-order valence-electron chi connectivity index (χ4n) is 2.92. The maximum Gasteiger partial charge on any atom is 0.232 e. The van der Waals surface area contributed by atoms with E-state index in [0.29, 0.717) is 5.95 Å². The molecule has 0 bridgehead atoms. The van der Waals surface area contributed by atoms with E-state index in [2.05, 4.69) is 24.4 Å². The lowest BCUT2D eigenvalue weighted by molar-refractivity contribution is 1.07. The van der Waals surface area contributed by atoms with Crippen LogP contribution in [0.4, 0.5) is 23.1 Å². The van der Waals surface area contributed by atoms with Crippen molar-refractivity contribution in [2.75, 3.05) is 17.3 Å². The number of anilines is 4. The Morgan fingerprint density at radius 3 is 2.22 bits per heavy atom. The molecule has 4 nitrogen and oxygen atoms in total. The standard InChI is InChI=1S/C22H20N4.ClH/c1-16-10-6-8-14-19(16)23-21-18-13-7-9-15-20(18)24-22(25-21)26(2)17-11-4-3-5-12-17;/h3-15H,1-2H3,(H,23,24,25);1H. The Bertz CT molecular complexity index is 1050. The van der Waals surface area contributed by atoms with Crippen molar-refractivity contribution in [1.29, 1.82) is 0 Å². The highest BCUT2D eigenvalue weighted by atomic mass is 35.5. The van der Waals surface area contributed by atoms with Gasteiger partial charge in [-0.15, -0.1) is 12.4 Å². The summed E-state index contributed by atoms with van der Waals surface area (Å²) in [4.78, 5) is 11.6. The van der Waals surface area contributed by atoms with Crippen molar-refractivity contribution in [1.82, 2.24) is 9.97 Å². The first-order valence-electron chi connectivity index (χ1n) is 8.60. The molecule has 0 unspecified atom stereocenters. The molecule has 0 saturated heterocycles. The normalized spacial score (nSPS) is 10.3. The first-order valence-corrected chi connectivity index (χ1v) is 8.60. The summed E-state index contributed by atoms with van der Waals surface area (Å²) in [6.45, 7) is 2.09. The number of aryl methyl sites for hydroxylation is 1. The molecule has 0 atom stereocenters. The number of nitrogens with zero attached hydrogens (tertiary/aromatic N) is 3. The molecule has 0 aliphatic heterocycles. The highest BCUT2D eigenvalue weighted by Gasteiger charge is 2.12. The molecule has 5 heteroatoms. The van der Waals surface area contributed by atoms with Crippen LogP contribution in [0.2, 0.25) is 0 Å². The van der Waals surface area contributed by atoms with Crippen LogP contribution in [0.5, 0.6) is 0 Å². The van der Waals surface area contributed by atoms with E-state index in [1.54, 1.807) is 0 Å². The molecule has 136 valence electrons. The van der Waals surface area contributed by atoms with Crippen molar-refractivity contribution in [3.8, 4) is 0 Å². The summed E-state index contributed by atoms with van der Waals surface area (Å²) in [5.41, 5.74) is 4.18. The van der Waals surface area contributed by atoms with Crippen molar-refractivity contribution in [3.05, 3.63) is 84.4 Å². The Labute approximate surface area is 165 Å². The van der Waals surface area contributed by atoms with Crippen molar-refractivity contribution in [3.63, 3.8) is 0 Å². The van der Waals surface area contributed by atoms with Gasteiger partial charge >= 0.3 is 0 Å². The third kappa shape index (κ3) is 3.86. The molecule has 3 aromatic carbocycles. The number of nitrogens with one attached hydrogen (secondary N) is 1. The van der Waals surface area contributed by atoms with Gasteiger partial charge in [0.15, 0.2) is 0 Å².